The van der Waals surface area contributed by atoms with Crippen LogP contribution < -0.4 is 5.32 Å². The Balaban J connectivity index is 1.97. The van der Waals surface area contributed by atoms with E-state index < -0.39 is 4.92 Å². The molecular weight excluding hydrogens is 254 g/mol. The molecule has 2 aromatic rings. The van der Waals surface area contributed by atoms with E-state index in [1.54, 1.807) is 12.1 Å². The van der Waals surface area contributed by atoms with Crippen LogP contribution in [0.25, 0.3) is 0 Å². The standard InChI is InChI=1S/C15H17N3O2/c1-11-4-3-5-14(17-11)10-16-12(2)13-6-8-15(9-7-13)18(19)20/h3-9,12,16H,10H2,1-2H3. The van der Waals surface area contributed by atoms with Crippen molar-refractivity contribution < 1.29 is 4.92 Å². The van der Waals surface area contributed by atoms with E-state index in [-0.39, 0.29) is 11.7 Å². The number of benzene rings is 1. The normalized spacial score (nSPS) is 12.1. The summed E-state index contributed by atoms with van der Waals surface area (Å²) in [5.74, 6) is 0. The quantitative estimate of drug-likeness (QED) is 0.670. The lowest BCUT2D eigenvalue weighted by Crippen LogP contribution is -2.18. The maximum Gasteiger partial charge on any atom is 0.269 e. The van der Waals surface area contributed by atoms with Crippen molar-refractivity contribution in [1.29, 1.82) is 0 Å². The van der Waals surface area contributed by atoms with Crippen LogP contribution in [0.3, 0.4) is 0 Å². The first kappa shape index (κ1) is 14.1. The number of aryl methyl sites for hydroxylation is 1. The van der Waals surface area contributed by atoms with Gasteiger partial charge in [0.1, 0.15) is 0 Å². The number of aromatic nitrogens is 1. The van der Waals surface area contributed by atoms with Gasteiger partial charge in [0, 0.05) is 30.4 Å². The molecule has 0 aliphatic rings. The lowest BCUT2D eigenvalue weighted by molar-refractivity contribution is -0.384. The van der Waals surface area contributed by atoms with Gasteiger partial charge in [-0.2, -0.15) is 0 Å². The fourth-order valence-corrected chi connectivity index (χ4v) is 1.96. The Labute approximate surface area is 117 Å². The van der Waals surface area contributed by atoms with Gasteiger partial charge in [-0.1, -0.05) is 18.2 Å². The van der Waals surface area contributed by atoms with Gasteiger partial charge in [0.05, 0.1) is 10.6 Å². The van der Waals surface area contributed by atoms with Gasteiger partial charge in [-0.25, -0.2) is 0 Å². The minimum Gasteiger partial charge on any atom is -0.305 e. The summed E-state index contributed by atoms with van der Waals surface area (Å²) in [5.41, 5.74) is 3.11. The summed E-state index contributed by atoms with van der Waals surface area (Å²) >= 11 is 0. The number of rotatable bonds is 5. The van der Waals surface area contributed by atoms with E-state index in [4.69, 9.17) is 0 Å². The highest BCUT2D eigenvalue weighted by Gasteiger charge is 2.08. The van der Waals surface area contributed by atoms with Crippen LogP contribution in [0.1, 0.15) is 29.9 Å². The topological polar surface area (TPSA) is 68.1 Å². The Morgan fingerprint density at radius 1 is 1.25 bits per heavy atom. The Bertz CT molecular complexity index is 596. The summed E-state index contributed by atoms with van der Waals surface area (Å²) < 4.78 is 0. The van der Waals surface area contributed by atoms with E-state index in [9.17, 15) is 10.1 Å². The van der Waals surface area contributed by atoms with Gasteiger partial charge in [-0.05, 0) is 31.5 Å². The van der Waals surface area contributed by atoms with Gasteiger partial charge in [-0.3, -0.25) is 15.1 Å². The first-order chi connectivity index (χ1) is 9.56. The van der Waals surface area contributed by atoms with Crippen molar-refractivity contribution in [2.45, 2.75) is 26.4 Å². The predicted octanol–water partition coefficient (Wildman–Crippen LogP) is 3.15. The van der Waals surface area contributed by atoms with Crippen LogP contribution in [0.5, 0.6) is 0 Å². The Kier molecular flexibility index (Phi) is 4.42. The minimum atomic E-state index is -0.390. The van der Waals surface area contributed by atoms with Crippen molar-refractivity contribution >= 4 is 5.69 Å². The third-order valence-electron chi connectivity index (χ3n) is 3.14. The zero-order chi connectivity index (χ0) is 14.5. The fraction of sp³-hybridized carbons (Fsp3) is 0.267. The Hall–Kier alpha value is -2.27. The number of pyridine rings is 1. The van der Waals surface area contributed by atoms with E-state index in [0.29, 0.717) is 6.54 Å². The molecule has 0 saturated carbocycles. The summed E-state index contributed by atoms with van der Waals surface area (Å²) in [7, 11) is 0. The first-order valence-electron chi connectivity index (χ1n) is 6.46. The highest BCUT2D eigenvalue weighted by atomic mass is 16.6. The molecule has 0 aliphatic heterocycles. The summed E-state index contributed by atoms with van der Waals surface area (Å²) in [4.78, 5) is 14.6. The molecule has 1 N–H and O–H groups in total. The summed E-state index contributed by atoms with van der Waals surface area (Å²) in [6, 6.07) is 12.6. The molecule has 0 fully saturated rings. The monoisotopic (exact) mass is 271 g/mol. The summed E-state index contributed by atoms with van der Waals surface area (Å²) in [5, 5.41) is 14.0. The summed E-state index contributed by atoms with van der Waals surface area (Å²) in [6.45, 7) is 4.65. The molecule has 0 aliphatic carbocycles. The van der Waals surface area contributed by atoms with Crippen LogP contribution in [0.2, 0.25) is 0 Å². The highest BCUT2D eigenvalue weighted by molar-refractivity contribution is 5.34. The lowest BCUT2D eigenvalue weighted by atomic mass is 10.1. The van der Waals surface area contributed by atoms with Crippen molar-refractivity contribution in [1.82, 2.24) is 10.3 Å². The molecule has 1 atom stereocenters. The molecule has 5 nitrogen and oxygen atoms in total. The van der Waals surface area contributed by atoms with Crippen molar-refractivity contribution in [2.24, 2.45) is 0 Å². The molecule has 104 valence electrons. The van der Waals surface area contributed by atoms with E-state index in [0.717, 1.165) is 17.0 Å². The largest absolute Gasteiger partial charge is 0.305 e. The average Bonchev–Trinajstić information content (AvgIpc) is 2.45. The average molecular weight is 271 g/mol. The molecule has 0 radical (unpaired) electrons. The van der Waals surface area contributed by atoms with Crippen LogP contribution in [-0.2, 0) is 6.54 Å². The summed E-state index contributed by atoms with van der Waals surface area (Å²) in [6.07, 6.45) is 0. The van der Waals surface area contributed by atoms with E-state index >= 15 is 0 Å². The fourth-order valence-electron chi connectivity index (χ4n) is 1.96. The van der Waals surface area contributed by atoms with Gasteiger partial charge < -0.3 is 5.32 Å². The predicted molar refractivity (Wildman–Crippen MR) is 77.3 cm³/mol. The molecular formula is C15H17N3O2. The Morgan fingerprint density at radius 3 is 2.55 bits per heavy atom. The van der Waals surface area contributed by atoms with Crippen molar-refractivity contribution in [2.75, 3.05) is 0 Å². The molecule has 1 aromatic heterocycles. The molecule has 0 amide bonds. The second-order valence-electron chi connectivity index (χ2n) is 4.72. The van der Waals surface area contributed by atoms with Gasteiger partial charge in [-0.15, -0.1) is 0 Å². The molecule has 2 rings (SSSR count). The molecule has 1 aromatic carbocycles. The molecule has 5 heteroatoms. The number of hydrogen-bond acceptors (Lipinski definition) is 4. The SMILES string of the molecule is Cc1cccc(CNC(C)c2ccc([N+](=O)[O-])cc2)n1. The third-order valence-corrected chi connectivity index (χ3v) is 3.14. The maximum absolute atomic E-state index is 10.6. The highest BCUT2D eigenvalue weighted by Crippen LogP contribution is 2.17. The zero-order valence-corrected chi connectivity index (χ0v) is 11.5. The lowest BCUT2D eigenvalue weighted by Gasteiger charge is -2.14. The number of nitro benzene ring substituents is 1. The van der Waals surface area contributed by atoms with Crippen LogP contribution in [0.4, 0.5) is 5.69 Å². The molecule has 1 heterocycles. The van der Waals surface area contributed by atoms with Gasteiger partial charge in [0.25, 0.3) is 5.69 Å². The second-order valence-corrected chi connectivity index (χ2v) is 4.72. The molecule has 0 spiro atoms. The smallest absolute Gasteiger partial charge is 0.269 e. The number of non-ortho nitro benzene ring substituents is 1. The zero-order valence-electron chi connectivity index (χ0n) is 11.5. The number of nitrogens with zero attached hydrogens (tertiary/aromatic N) is 2. The van der Waals surface area contributed by atoms with Crippen molar-refractivity contribution in [3.05, 3.63) is 69.5 Å². The first-order valence-corrected chi connectivity index (χ1v) is 6.46. The molecule has 0 saturated heterocycles. The van der Waals surface area contributed by atoms with E-state index in [2.05, 4.69) is 10.3 Å². The Morgan fingerprint density at radius 2 is 1.95 bits per heavy atom. The number of nitrogens with one attached hydrogen (secondary N) is 1. The third kappa shape index (κ3) is 3.61. The van der Waals surface area contributed by atoms with E-state index in [1.165, 1.54) is 12.1 Å². The maximum atomic E-state index is 10.6. The minimum absolute atomic E-state index is 0.109. The van der Waals surface area contributed by atoms with Crippen LogP contribution in [0.15, 0.2) is 42.5 Å². The van der Waals surface area contributed by atoms with Crippen molar-refractivity contribution in [3.8, 4) is 0 Å². The molecule has 1 unspecified atom stereocenters. The molecule has 0 bridgehead atoms. The second kappa shape index (κ2) is 6.25. The van der Waals surface area contributed by atoms with Crippen LogP contribution in [0, 0.1) is 17.0 Å². The molecule has 20 heavy (non-hydrogen) atoms. The van der Waals surface area contributed by atoms with Crippen LogP contribution >= 0.6 is 0 Å². The van der Waals surface area contributed by atoms with Gasteiger partial charge in [0.15, 0.2) is 0 Å². The van der Waals surface area contributed by atoms with E-state index in [1.807, 2.05) is 32.0 Å². The van der Waals surface area contributed by atoms with Crippen molar-refractivity contribution in [3.63, 3.8) is 0 Å². The number of hydrogen-bond donors (Lipinski definition) is 1. The number of nitro groups is 1. The van der Waals surface area contributed by atoms with Gasteiger partial charge >= 0.3 is 0 Å². The van der Waals surface area contributed by atoms with Gasteiger partial charge in [0.2, 0.25) is 0 Å². The van der Waals surface area contributed by atoms with Crippen LogP contribution in [-0.4, -0.2) is 9.91 Å².